The lowest BCUT2D eigenvalue weighted by molar-refractivity contribution is -0.369. The van der Waals surface area contributed by atoms with Crippen LogP contribution in [0.15, 0.2) is 178 Å². The SMILES string of the molecule is C[C@H]1C[C@@H]2CC34CC5(C[C@H](C1)C235)c1ccc(N(c2ccc(-c3ccccc3)cc2)c2ccc(-c3ccc5c(c3)oc3ccccc35)cc2)cc1S1(OCO1)c1ccccc14. The van der Waals surface area contributed by atoms with Crippen molar-refractivity contribution in [3.05, 3.63) is 175 Å². The van der Waals surface area contributed by atoms with Gasteiger partial charge in [0.2, 0.25) is 0 Å². The largest absolute Gasteiger partial charge is 0.456 e. The zero-order valence-electron chi connectivity index (χ0n) is 33.6. The Labute approximate surface area is 352 Å². The molecule has 2 aliphatic heterocycles. The van der Waals surface area contributed by atoms with Gasteiger partial charge in [0.1, 0.15) is 11.2 Å². The molecule has 0 amide bonds. The predicted octanol–water partition coefficient (Wildman–Crippen LogP) is 14.8. The first kappa shape index (κ1) is 34.2. The van der Waals surface area contributed by atoms with Crippen LogP contribution in [-0.2, 0) is 19.2 Å². The van der Waals surface area contributed by atoms with Gasteiger partial charge in [-0.25, -0.2) is 8.37 Å². The average Bonchev–Trinajstić information content (AvgIpc) is 3.63. The number of nitrogens with zero attached hydrogens (tertiary/aromatic N) is 1. The van der Waals surface area contributed by atoms with Crippen LogP contribution >= 0.6 is 10.6 Å². The number of anilines is 3. The first-order valence-electron chi connectivity index (χ1n) is 21.9. The number of para-hydroxylation sites is 1. The molecule has 4 nitrogen and oxygen atoms in total. The predicted molar refractivity (Wildman–Crippen MR) is 242 cm³/mol. The summed E-state index contributed by atoms with van der Waals surface area (Å²) < 4.78 is 20.1. The third-order valence-electron chi connectivity index (χ3n) is 16.3. The standard InChI is InChI=1S/C55H45NO3S/c1-35-27-40-31-53-33-54(32-41(28-35)55(40,53)54)48-26-24-44(30-52(48)60(57-34-58-60)51-14-8-6-12-47(51)53)56(42-20-15-37(16-21-42)36-9-3-2-4-10-36)43-22-17-38(18-23-43)39-19-25-46-45-11-5-7-13-49(45)59-50(46)29-39/h2-26,29-30,35,40-41H,27-28,31-34H2,1H3/t35-,40+,41-,53?,54?,55?/m0/s1. The molecule has 1 saturated heterocycles. The number of rotatable bonds is 5. The van der Waals surface area contributed by atoms with E-state index < -0.39 is 10.6 Å². The molecule has 7 aromatic carbocycles. The highest BCUT2D eigenvalue weighted by molar-refractivity contribution is 8.26. The minimum Gasteiger partial charge on any atom is -0.456 e. The number of hydrogen-bond acceptors (Lipinski definition) is 4. The van der Waals surface area contributed by atoms with Gasteiger partial charge in [-0.2, -0.15) is 0 Å². The van der Waals surface area contributed by atoms with Gasteiger partial charge < -0.3 is 9.32 Å². The zero-order chi connectivity index (χ0) is 39.4. The lowest BCUT2D eigenvalue weighted by Crippen LogP contribution is -2.90. The van der Waals surface area contributed by atoms with E-state index in [0.717, 1.165) is 67.9 Å². The van der Waals surface area contributed by atoms with Gasteiger partial charge in [0, 0.05) is 38.7 Å². The van der Waals surface area contributed by atoms with Crippen molar-refractivity contribution in [2.24, 2.45) is 23.2 Å². The zero-order valence-corrected chi connectivity index (χ0v) is 34.5. The first-order valence-corrected chi connectivity index (χ1v) is 23.3. The highest BCUT2D eigenvalue weighted by Crippen LogP contribution is 2.96. The molecule has 3 unspecified atom stereocenters. The number of furan rings is 1. The Bertz CT molecular complexity index is 3050. The van der Waals surface area contributed by atoms with E-state index in [4.69, 9.17) is 12.8 Å². The van der Waals surface area contributed by atoms with Crippen molar-refractivity contribution in [2.45, 2.75) is 59.6 Å². The van der Waals surface area contributed by atoms with Crippen molar-refractivity contribution < 1.29 is 12.8 Å². The Kier molecular flexibility index (Phi) is 6.73. The van der Waals surface area contributed by atoms with Gasteiger partial charge in [-0.15, -0.1) is 10.6 Å². The van der Waals surface area contributed by atoms with Crippen LogP contribution in [0.2, 0.25) is 0 Å². The summed E-state index contributed by atoms with van der Waals surface area (Å²) in [6.45, 7) is 2.85. The molecule has 5 heteroatoms. The van der Waals surface area contributed by atoms with Crippen molar-refractivity contribution in [3.8, 4) is 22.3 Å². The maximum atomic E-state index is 6.89. The van der Waals surface area contributed by atoms with E-state index in [1.807, 2.05) is 12.1 Å². The normalized spacial score (nSPS) is 28.9. The summed E-state index contributed by atoms with van der Waals surface area (Å²) in [7, 11) is -2.14. The summed E-state index contributed by atoms with van der Waals surface area (Å²) in [4.78, 5) is 5.02. The maximum Gasteiger partial charge on any atom is 0.195 e. The molecule has 0 N–H and O–H groups in total. The van der Waals surface area contributed by atoms with Crippen LogP contribution in [0, 0.1) is 23.2 Å². The number of fused-ring (bicyclic) bond motifs is 7. The Morgan fingerprint density at radius 1 is 0.517 bits per heavy atom. The van der Waals surface area contributed by atoms with E-state index in [9.17, 15) is 0 Å². The summed E-state index contributed by atoms with van der Waals surface area (Å²) in [6.07, 6.45) is 6.62. The minimum atomic E-state index is -2.14. The van der Waals surface area contributed by atoms with Crippen LogP contribution in [0.4, 0.5) is 17.1 Å². The molecule has 2 bridgehead atoms. The molecule has 8 aromatic rings. The van der Waals surface area contributed by atoms with Gasteiger partial charge in [0.05, 0.1) is 9.79 Å². The Morgan fingerprint density at radius 2 is 1.10 bits per heavy atom. The van der Waals surface area contributed by atoms with Crippen LogP contribution in [0.25, 0.3) is 44.2 Å². The van der Waals surface area contributed by atoms with E-state index in [1.54, 1.807) is 0 Å². The Morgan fingerprint density at radius 3 is 1.82 bits per heavy atom. The molecule has 1 aromatic heterocycles. The number of benzene rings is 7. The summed E-state index contributed by atoms with van der Waals surface area (Å²) in [5.41, 5.74) is 13.7. The topological polar surface area (TPSA) is 34.8 Å². The molecule has 5 fully saturated rings. The van der Waals surface area contributed by atoms with Crippen molar-refractivity contribution in [3.63, 3.8) is 0 Å². The molecule has 294 valence electrons. The number of hydrogen-bond donors (Lipinski definition) is 0. The van der Waals surface area contributed by atoms with Gasteiger partial charge >= 0.3 is 0 Å². The molecule has 0 radical (unpaired) electrons. The fourth-order valence-corrected chi connectivity index (χ4v) is 17.0. The third-order valence-corrected chi connectivity index (χ3v) is 19.0. The Hall–Kier alpha value is -5.59. The van der Waals surface area contributed by atoms with Crippen LogP contribution in [0.1, 0.15) is 50.2 Å². The van der Waals surface area contributed by atoms with E-state index >= 15 is 0 Å². The summed E-state index contributed by atoms with van der Waals surface area (Å²) in [5, 5.41) is 2.30. The molecule has 2 spiro atoms. The molecular weight excluding hydrogens is 755 g/mol. The Balaban J connectivity index is 0.927. The smallest absolute Gasteiger partial charge is 0.195 e. The van der Waals surface area contributed by atoms with Crippen LogP contribution in [-0.4, -0.2) is 6.79 Å². The van der Waals surface area contributed by atoms with E-state index in [-0.39, 0.29) is 10.8 Å². The lowest BCUT2D eigenvalue weighted by Gasteiger charge is -2.93. The van der Waals surface area contributed by atoms with Crippen molar-refractivity contribution in [1.29, 1.82) is 0 Å². The van der Waals surface area contributed by atoms with Crippen molar-refractivity contribution in [2.75, 3.05) is 11.7 Å². The summed E-state index contributed by atoms with van der Waals surface area (Å²) in [6, 6.07) is 60.3. The van der Waals surface area contributed by atoms with Gasteiger partial charge in [-0.05, 0) is 149 Å². The summed E-state index contributed by atoms with van der Waals surface area (Å²) in [5.74, 6) is 2.42. The highest BCUT2D eigenvalue weighted by Gasteiger charge is 2.91. The van der Waals surface area contributed by atoms with Crippen LogP contribution in [0.3, 0.4) is 0 Å². The quantitative estimate of drug-likeness (QED) is 0.174. The van der Waals surface area contributed by atoms with Gasteiger partial charge in [-0.1, -0.05) is 110 Å². The molecule has 4 aliphatic carbocycles. The fraction of sp³-hybridized carbons (Fsp3) is 0.236. The maximum absolute atomic E-state index is 6.89. The van der Waals surface area contributed by atoms with Crippen LogP contribution < -0.4 is 4.90 Å². The molecule has 60 heavy (non-hydrogen) atoms. The highest BCUT2D eigenvalue weighted by atomic mass is 32.3. The van der Waals surface area contributed by atoms with Crippen LogP contribution in [0.5, 0.6) is 0 Å². The monoisotopic (exact) mass is 799 g/mol. The second-order valence-electron chi connectivity index (χ2n) is 18.7. The van der Waals surface area contributed by atoms with Gasteiger partial charge in [0.15, 0.2) is 6.79 Å². The van der Waals surface area contributed by atoms with E-state index in [2.05, 4.69) is 163 Å². The molecule has 6 aliphatic rings. The van der Waals surface area contributed by atoms with Crippen molar-refractivity contribution >= 4 is 49.6 Å². The lowest BCUT2D eigenvalue weighted by atomic mass is 9.11. The molecule has 4 saturated carbocycles. The second kappa shape index (κ2) is 11.8. The van der Waals surface area contributed by atoms with Gasteiger partial charge in [-0.3, -0.25) is 0 Å². The molecular formula is C55H45NO3S. The van der Waals surface area contributed by atoms with E-state index in [1.165, 1.54) is 64.1 Å². The van der Waals surface area contributed by atoms with Gasteiger partial charge in [0.25, 0.3) is 0 Å². The fourth-order valence-electron chi connectivity index (χ4n) is 14.4. The molecule has 14 rings (SSSR count). The average molecular weight is 800 g/mol. The summed E-state index contributed by atoms with van der Waals surface area (Å²) >= 11 is 0. The van der Waals surface area contributed by atoms with Crippen molar-refractivity contribution in [1.82, 2.24) is 0 Å². The third kappa shape index (κ3) is 4.07. The first-order chi connectivity index (χ1) is 29.5. The van der Waals surface area contributed by atoms with E-state index in [0.29, 0.717) is 12.2 Å². The molecule has 6 atom stereocenters. The minimum absolute atomic E-state index is 0.190. The second-order valence-corrected chi connectivity index (χ2v) is 21.1. The molecule has 3 heterocycles.